The van der Waals surface area contributed by atoms with Crippen LogP contribution in [0.1, 0.15) is 42.3 Å². The summed E-state index contributed by atoms with van der Waals surface area (Å²) in [4.78, 5) is 25.6. The topological polar surface area (TPSA) is 61.5 Å². The van der Waals surface area contributed by atoms with E-state index in [1.165, 1.54) is 5.56 Å². The van der Waals surface area contributed by atoms with Crippen molar-refractivity contribution >= 4 is 17.1 Å². The molecule has 2 amide bonds. The Balaban J connectivity index is 1.27. The third-order valence-electron chi connectivity index (χ3n) is 7.18. The van der Waals surface area contributed by atoms with Gasteiger partial charge in [-0.3, -0.25) is 0 Å². The zero-order valence-corrected chi connectivity index (χ0v) is 20.0. The van der Waals surface area contributed by atoms with Gasteiger partial charge >= 0.3 is 6.03 Å². The zero-order valence-electron chi connectivity index (χ0n) is 20.0. The van der Waals surface area contributed by atoms with E-state index in [2.05, 4.69) is 63.4 Å². The molecule has 0 radical (unpaired) electrons. The Labute approximate surface area is 205 Å². The number of urea groups is 1. The first-order valence-corrected chi connectivity index (χ1v) is 12.5. The van der Waals surface area contributed by atoms with Gasteiger partial charge in [-0.05, 0) is 67.1 Å². The molecule has 178 valence electrons. The van der Waals surface area contributed by atoms with E-state index >= 15 is 0 Å². The monoisotopic (exact) mass is 466 g/mol. The number of H-pyrrole nitrogens is 1. The third-order valence-corrected chi connectivity index (χ3v) is 7.18. The van der Waals surface area contributed by atoms with E-state index in [1.807, 2.05) is 30.0 Å². The van der Waals surface area contributed by atoms with Crippen LogP contribution in [0, 0.1) is 6.92 Å². The van der Waals surface area contributed by atoms with Gasteiger partial charge in [-0.25, -0.2) is 9.78 Å². The van der Waals surface area contributed by atoms with E-state index in [4.69, 9.17) is 4.74 Å². The first-order chi connectivity index (χ1) is 17.2. The van der Waals surface area contributed by atoms with Gasteiger partial charge in [0.15, 0.2) is 0 Å². The largest absolute Gasteiger partial charge is 0.491 e. The van der Waals surface area contributed by atoms with Crippen LogP contribution < -0.4 is 4.74 Å². The Morgan fingerprint density at radius 1 is 1.00 bits per heavy atom. The highest BCUT2D eigenvalue weighted by Gasteiger charge is 2.32. The summed E-state index contributed by atoms with van der Waals surface area (Å²) in [6.07, 6.45) is 3.21. The molecule has 0 saturated carbocycles. The van der Waals surface area contributed by atoms with Crippen LogP contribution in [0.5, 0.6) is 5.75 Å². The predicted molar refractivity (Wildman–Crippen MR) is 137 cm³/mol. The lowest BCUT2D eigenvalue weighted by Gasteiger charge is -2.39. The SMILES string of the molecule is Cc1nc2ccc(-c3ccc4c(c3)CN(C(=O)N3CCCC[C@H]3c3ccccc3)CCO4)cc2[nH]1. The van der Waals surface area contributed by atoms with Crippen molar-refractivity contribution in [1.82, 2.24) is 19.8 Å². The van der Waals surface area contributed by atoms with E-state index < -0.39 is 0 Å². The number of aromatic amines is 1. The summed E-state index contributed by atoms with van der Waals surface area (Å²) in [5.74, 6) is 1.77. The molecule has 1 fully saturated rings. The fourth-order valence-corrected chi connectivity index (χ4v) is 5.42. The number of hydrogen-bond acceptors (Lipinski definition) is 3. The highest BCUT2D eigenvalue weighted by atomic mass is 16.5. The molecular formula is C29H30N4O2. The maximum absolute atomic E-state index is 13.8. The van der Waals surface area contributed by atoms with E-state index in [9.17, 15) is 4.79 Å². The number of likely N-dealkylation sites (tertiary alicyclic amines) is 1. The first kappa shape index (κ1) is 21.7. The number of hydrogen-bond donors (Lipinski definition) is 1. The number of nitrogens with one attached hydrogen (secondary N) is 1. The number of aromatic nitrogens is 2. The summed E-state index contributed by atoms with van der Waals surface area (Å²) in [6.45, 7) is 4.40. The summed E-state index contributed by atoms with van der Waals surface area (Å²) in [5, 5.41) is 0. The molecule has 3 heterocycles. The Morgan fingerprint density at radius 3 is 2.71 bits per heavy atom. The van der Waals surface area contributed by atoms with Crippen molar-refractivity contribution < 1.29 is 9.53 Å². The molecule has 6 rings (SSSR count). The Morgan fingerprint density at radius 2 is 1.83 bits per heavy atom. The highest BCUT2D eigenvalue weighted by Crippen LogP contribution is 2.34. The summed E-state index contributed by atoms with van der Waals surface area (Å²) >= 11 is 0. The maximum Gasteiger partial charge on any atom is 0.320 e. The van der Waals surface area contributed by atoms with Crippen LogP contribution in [0.15, 0.2) is 66.7 Å². The number of carbonyl (C=O) groups is 1. The first-order valence-electron chi connectivity index (χ1n) is 12.5. The molecule has 6 nitrogen and oxygen atoms in total. The molecule has 0 unspecified atom stereocenters. The van der Waals surface area contributed by atoms with Crippen LogP contribution in [0.25, 0.3) is 22.2 Å². The molecule has 35 heavy (non-hydrogen) atoms. The van der Waals surface area contributed by atoms with Gasteiger partial charge in [0.2, 0.25) is 0 Å². The molecule has 1 N–H and O–H groups in total. The van der Waals surface area contributed by atoms with E-state index in [0.717, 1.165) is 65.1 Å². The number of carbonyl (C=O) groups excluding carboxylic acids is 1. The molecule has 2 aliphatic heterocycles. The van der Waals surface area contributed by atoms with Crippen molar-refractivity contribution in [2.45, 2.75) is 38.8 Å². The van der Waals surface area contributed by atoms with Crippen molar-refractivity contribution in [1.29, 1.82) is 0 Å². The molecule has 0 spiro atoms. The Bertz CT molecular complexity index is 1360. The standard InChI is InChI=1S/C29H30N4O2/c1-20-30-25-12-10-23(18-26(25)31-20)22-11-13-28-24(17-22)19-32(15-16-35-28)29(34)33-14-6-5-9-27(33)21-7-3-2-4-8-21/h2-4,7-8,10-13,17-18,27H,5-6,9,14-16,19H2,1H3,(H,30,31)/t27-/m0/s1. The van der Waals surface area contributed by atoms with E-state index in [-0.39, 0.29) is 12.1 Å². The van der Waals surface area contributed by atoms with Crippen LogP contribution in [0.2, 0.25) is 0 Å². The van der Waals surface area contributed by atoms with Gasteiger partial charge in [0.1, 0.15) is 18.2 Å². The number of ether oxygens (including phenoxy) is 1. The normalized spacial score (nSPS) is 18.1. The molecule has 4 aromatic rings. The van der Waals surface area contributed by atoms with Gasteiger partial charge < -0.3 is 19.5 Å². The summed E-state index contributed by atoms with van der Waals surface area (Å²) in [5.41, 5.74) is 6.49. The zero-order chi connectivity index (χ0) is 23.8. The van der Waals surface area contributed by atoms with Gasteiger partial charge in [-0.15, -0.1) is 0 Å². The van der Waals surface area contributed by atoms with Crippen LogP contribution >= 0.6 is 0 Å². The lowest BCUT2D eigenvalue weighted by Crippen LogP contribution is -2.47. The fraction of sp³-hybridized carbons (Fsp3) is 0.310. The molecule has 1 saturated heterocycles. The van der Waals surface area contributed by atoms with Gasteiger partial charge in [-0.2, -0.15) is 0 Å². The van der Waals surface area contributed by atoms with Crippen LogP contribution in [-0.4, -0.2) is 45.5 Å². The highest BCUT2D eigenvalue weighted by molar-refractivity contribution is 5.82. The average molecular weight is 467 g/mol. The second-order valence-electron chi connectivity index (χ2n) is 9.54. The number of piperidine rings is 1. The second kappa shape index (κ2) is 9.10. The predicted octanol–water partition coefficient (Wildman–Crippen LogP) is 6.08. The van der Waals surface area contributed by atoms with Gasteiger partial charge in [-0.1, -0.05) is 42.5 Å². The maximum atomic E-state index is 13.8. The number of benzene rings is 3. The minimum absolute atomic E-state index is 0.106. The molecule has 0 bridgehead atoms. The number of rotatable bonds is 2. The summed E-state index contributed by atoms with van der Waals surface area (Å²) in [7, 11) is 0. The Hall–Kier alpha value is -3.80. The van der Waals surface area contributed by atoms with Crippen LogP contribution in [-0.2, 0) is 6.54 Å². The smallest absolute Gasteiger partial charge is 0.320 e. The lowest BCUT2D eigenvalue weighted by atomic mass is 9.95. The number of nitrogens with zero attached hydrogens (tertiary/aromatic N) is 3. The van der Waals surface area contributed by atoms with Crippen LogP contribution in [0.4, 0.5) is 4.79 Å². The molecule has 2 aliphatic rings. The van der Waals surface area contributed by atoms with E-state index in [0.29, 0.717) is 19.7 Å². The quantitative estimate of drug-likeness (QED) is 0.389. The van der Waals surface area contributed by atoms with Gasteiger partial charge in [0.25, 0.3) is 0 Å². The third kappa shape index (κ3) is 4.25. The molecule has 1 atom stereocenters. The van der Waals surface area contributed by atoms with Crippen molar-refractivity contribution in [2.75, 3.05) is 19.7 Å². The lowest BCUT2D eigenvalue weighted by molar-refractivity contribution is 0.110. The Kier molecular flexibility index (Phi) is 5.64. The number of aryl methyl sites for hydroxylation is 1. The molecule has 1 aromatic heterocycles. The average Bonchev–Trinajstić information content (AvgIpc) is 3.14. The molecule has 3 aromatic carbocycles. The number of imidazole rings is 1. The van der Waals surface area contributed by atoms with Crippen LogP contribution in [0.3, 0.4) is 0 Å². The van der Waals surface area contributed by atoms with Crippen molar-refractivity contribution in [3.05, 3.63) is 83.7 Å². The minimum atomic E-state index is 0.106. The minimum Gasteiger partial charge on any atom is -0.491 e. The number of fused-ring (bicyclic) bond motifs is 2. The van der Waals surface area contributed by atoms with Crippen molar-refractivity contribution in [2.24, 2.45) is 0 Å². The molecule has 6 heteroatoms. The van der Waals surface area contributed by atoms with Crippen molar-refractivity contribution in [3.8, 4) is 16.9 Å². The van der Waals surface area contributed by atoms with Gasteiger partial charge in [0, 0.05) is 12.1 Å². The van der Waals surface area contributed by atoms with Gasteiger partial charge in [0.05, 0.1) is 30.2 Å². The number of amides is 2. The second-order valence-corrected chi connectivity index (χ2v) is 9.54. The van der Waals surface area contributed by atoms with Crippen molar-refractivity contribution in [3.63, 3.8) is 0 Å². The molecular weight excluding hydrogens is 436 g/mol. The fourth-order valence-electron chi connectivity index (χ4n) is 5.42. The van der Waals surface area contributed by atoms with E-state index in [1.54, 1.807) is 0 Å². The summed E-state index contributed by atoms with van der Waals surface area (Å²) in [6, 6.07) is 23.3. The molecule has 0 aliphatic carbocycles. The summed E-state index contributed by atoms with van der Waals surface area (Å²) < 4.78 is 6.06.